The third-order valence-electron chi connectivity index (χ3n) is 4.90. The normalized spacial score (nSPS) is 20.7. The van der Waals surface area contributed by atoms with Gasteiger partial charge in [0.05, 0.1) is 10.5 Å². The van der Waals surface area contributed by atoms with Crippen molar-refractivity contribution in [2.75, 3.05) is 26.2 Å². The number of sulfonamides is 1. The van der Waals surface area contributed by atoms with Crippen molar-refractivity contribution in [2.24, 2.45) is 0 Å². The Morgan fingerprint density at radius 2 is 2.04 bits per heavy atom. The molecule has 0 aliphatic carbocycles. The molecule has 2 aliphatic rings. The SMILES string of the molecule is C[C@@H]1CCCCN1S(=O)(=O)c1cccc(C(=O)OCC(=O)N2CCNC2=O)c1. The number of ether oxygens (including phenoxy) is 1. The molecule has 2 aliphatic heterocycles. The molecule has 3 rings (SSSR count). The van der Waals surface area contributed by atoms with Gasteiger partial charge in [-0.2, -0.15) is 4.31 Å². The average Bonchev–Trinajstić information content (AvgIpc) is 3.12. The minimum Gasteiger partial charge on any atom is -0.452 e. The summed E-state index contributed by atoms with van der Waals surface area (Å²) < 4.78 is 32.3. The molecule has 10 heteroatoms. The Labute approximate surface area is 163 Å². The van der Waals surface area contributed by atoms with Crippen molar-refractivity contribution in [3.63, 3.8) is 0 Å². The Hall–Kier alpha value is -2.46. The lowest BCUT2D eigenvalue weighted by Gasteiger charge is -2.32. The van der Waals surface area contributed by atoms with Crippen LogP contribution in [0.25, 0.3) is 0 Å². The van der Waals surface area contributed by atoms with Crippen LogP contribution in [-0.4, -0.2) is 67.8 Å². The van der Waals surface area contributed by atoms with Gasteiger partial charge >= 0.3 is 12.0 Å². The zero-order chi connectivity index (χ0) is 20.3. The smallest absolute Gasteiger partial charge is 0.338 e. The standard InChI is InChI=1S/C18H23N3O6S/c1-13-5-2-3-9-21(13)28(25,26)15-7-4-6-14(11-15)17(23)27-12-16(22)20-10-8-19-18(20)24/h4,6-7,11,13H,2-3,5,8-10,12H2,1H3,(H,19,24)/t13-/m1/s1. The number of benzene rings is 1. The molecule has 1 aromatic carbocycles. The molecule has 1 N–H and O–H groups in total. The Kier molecular flexibility index (Phi) is 5.99. The first-order valence-electron chi connectivity index (χ1n) is 9.18. The van der Waals surface area contributed by atoms with Crippen molar-refractivity contribution in [3.8, 4) is 0 Å². The molecule has 0 bridgehead atoms. The molecule has 0 radical (unpaired) electrons. The van der Waals surface area contributed by atoms with E-state index in [4.69, 9.17) is 4.74 Å². The van der Waals surface area contributed by atoms with Gasteiger partial charge < -0.3 is 10.1 Å². The molecule has 3 amide bonds. The molecule has 2 fully saturated rings. The number of amides is 3. The van der Waals surface area contributed by atoms with Gasteiger partial charge in [0.25, 0.3) is 5.91 Å². The Bertz CT molecular complexity index is 885. The van der Waals surface area contributed by atoms with E-state index in [1.54, 1.807) is 0 Å². The fourth-order valence-electron chi connectivity index (χ4n) is 3.35. The number of nitrogens with zero attached hydrogens (tertiary/aromatic N) is 2. The summed E-state index contributed by atoms with van der Waals surface area (Å²) in [6.07, 6.45) is 2.59. The van der Waals surface area contributed by atoms with E-state index in [2.05, 4.69) is 5.32 Å². The van der Waals surface area contributed by atoms with Crippen molar-refractivity contribution in [1.29, 1.82) is 0 Å². The van der Waals surface area contributed by atoms with Crippen LogP contribution >= 0.6 is 0 Å². The highest BCUT2D eigenvalue weighted by molar-refractivity contribution is 7.89. The lowest BCUT2D eigenvalue weighted by molar-refractivity contribution is -0.130. The van der Waals surface area contributed by atoms with E-state index < -0.39 is 34.5 Å². The summed E-state index contributed by atoms with van der Waals surface area (Å²) in [5.41, 5.74) is 0.0319. The molecule has 0 saturated carbocycles. The van der Waals surface area contributed by atoms with Crippen molar-refractivity contribution in [2.45, 2.75) is 37.1 Å². The van der Waals surface area contributed by atoms with Crippen LogP contribution in [0.15, 0.2) is 29.2 Å². The fraction of sp³-hybridized carbons (Fsp3) is 0.500. The van der Waals surface area contributed by atoms with Crippen LogP contribution in [0.1, 0.15) is 36.5 Å². The molecule has 1 aromatic rings. The zero-order valence-corrected chi connectivity index (χ0v) is 16.4. The van der Waals surface area contributed by atoms with E-state index in [-0.39, 0.29) is 23.0 Å². The van der Waals surface area contributed by atoms with Crippen LogP contribution < -0.4 is 5.32 Å². The monoisotopic (exact) mass is 409 g/mol. The van der Waals surface area contributed by atoms with Gasteiger partial charge in [0, 0.05) is 25.7 Å². The quantitative estimate of drug-likeness (QED) is 0.725. The third-order valence-corrected chi connectivity index (χ3v) is 6.91. The second kappa shape index (κ2) is 8.27. The summed E-state index contributed by atoms with van der Waals surface area (Å²) >= 11 is 0. The van der Waals surface area contributed by atoms with Gasteiger partial charge in [-0.1, -0.05) is 12.5 Å². The maximum Gasteiger partial charge on any atom is 0.338 e. The summed E-state index contributed by atoms with van der Waals surface area (Å²) in [7, 11) is -3.72. The first kappa shape index (κ1) is 20.3. The maximum atomic E-state index is 12.9. The highest BCUT2D eigenvalue weighted by Crippen LogP contribution is 2.25. The average molecular weight is 409 g/mol. The summed E-state index contributed by atoms with van der Waals surface area (Å²) in [4.78, 5) is 36.6. The predicted molar refractivity (Wildman–Crippen MR) is 99.0 cm³/mol. The second-order valence-electron chi connectivity index (χ2n) is 6.84. The number of nitrogens with one attached hydrogen (secondary N) is 1. The van der Waals surface area contributed by atoms with Crippen molar-refractivity contribution >= 4 is 27.9 Å². The summed E-state index contributed by atoms with van der Waals surface area (Å²) in [6.45, 7) is 2.30. The zero-order valence-electron chi connectivity index (χ0n) is 15.6. The molecule has 1 atom stereocenters. The van der Waals surface area contributed by atoms with Crippen LogP contribution in [0.5, 0.6) is 0 Å². The Balaban J connectivity index is 1.69. The fourth-order valence-corrected chi connectivity index (χ4v) is 5.09. The van der Waals surface area contributed by atoms with Crippen molar-refractivity contribution < 1.29 is 27.5 Å². The lowest BCUT2D eigenvalue weighted by Crippen LogP contribution is -2.41. The number of hydrogen-bond donors (Lipinski definition) is 1. The summed E-state index contributed by atoms with van der Waals surface area (Å²) in [6, 6.07) is 4.96. The molecule has 152 valence electrons. The van der Waals surface area contributed by atoms with Gasteiger partial charge in [0.2, 0.25) is 10.0 Å². The van der Waals surface area contributed by atoms with Crippen LogP contribution in [0.2, 0.25) is 0 Å². The molecule has 2 heterocycles. The Morgan fingerprint density at radius 1 is 1.25 bits per heavy atom. The highest BCUT2D eigenvalue weighted by Gasteiger charge is 2.31. The first-order valence-corrected chi connectivity index (χ1v) is 10.6. The molecular formula is C18H23N3O6S. The molecule has 28 heavy (non-hydrogen) atoms. The van der Waals surface area contributed by atoms with Crippen molar-refractivity contribution in [3.05, 3.63) is 29.8 Å². The summed E-state index contributed by atoms with van der Waals surface area (Å²) in [5, 5.41) is 2.48. The molecule has 9 nitrogen and oxygen atoms in total. The number of carbonyl (C=O) groups excluding carboxylic acids is 3. The highest BCUT2D eigenvalue weighted by atomic mass is 32.2. The van der Waals surface area contributed by atoms with E-state index in [1.165, 1.54) is 28.6 Å². The number of carbonyl (C=O) groups is 3. The van der Waals surface area contributed by atoms with Gasteiger partial charge in [-0.05, 0) is 38.0 Å². The number of piperidine rings is 1. The minimum absolute atomic E-state index is 0.0148. The molecule has 0 spiro atoms. The minimum atomic E-state index is -3.72. The van der Waals surface area contributed by atoms with E-state index in [1.807, 2.05) is 6.92 Å². The van der Waals surface area contributed by atoms with Gasteiger partial charge in [-0.15, -0.1) is 0 Å². The van der Waals surface area contributed by atoms with E-state index in [0.717, 1.165) is 24.2 Å². The van der Waals surface area contributed by atoms with E-state index in [0.29, 0.717) is 13.1 Å². The van der Waals surface area contributed by atoms with E-state index in [9.17, 15) is 22.8 Å². The van der Waals surface area contributed by atoms with Crippen LogP contribution in [0.3, 0.4) is 0 Å². The molecule has 0 aromatic heterocycles. The van der Waals surface area contributed by atoms with Crippen molar-refractivity contribution in [1.82, 2.24) is 14.5 Å². The number of rotatable bonds is 5. The number of esters is 1. The van der Waals surface area contributed by atoms with Gasteiger partial charge in [-0.25, -0.2) is 18.0 Å². The second-order valence-corrected chi connectivity index (χ2v) is 8.73. The van der Waals surface area contributed by atoms with Gasteiger partial charge in [0.1, 0.15) is 0 Å². The van der Waals surface area contributed by atoms with Crippen LogP contribution in [-0.2, 0) is 19.6 Å². The van der Waals surface area contributed by atoms with Gasteiger partial charge in [-0.3, -0.25) is 9.69 Å². The first-order chi connectivity index (χ1) is 13.3. The largest absolute Gasteiger partial charge is 0.452 e. The number of imide groups is 1. The topological polar surface area (TPSA) is 113 Å². The maximum absolute atomic E-state index is 12.9. The predicted octanol–water partition coefficient (Wildman–Crippen LogP) is 0.958. The molecular weight excluding hydrogens is 386 g/mol. The third kappa shape index (κ3) is 4.17. The number of hydrogen-bond acceptors (Lipinski definition) is 6. The van der Waals surface area contributed by atoms with Crippen LogP contribution in [0.4, 0.5) is 4.79 Å². The number of urea groups is 1. The lowest BCUT2D eigenvalue weighted by atomic mass is 10.1. The van der Waals surface area contributed by atoms with Crippen LogP contribution in [0, 0.1) is 0 Å². The molecule has 0 unspecified atom stereocenters. The molecule has 2 saturated heterocycles. The Morgan fingerprint density at radius 3 is 2.71 bits per heavy atom. The van der Waals surface area contributed by atoms with E-state index >= 15 is 0 Å². The summed E-state index contributed by atoms with van der Waals surface area (Å²) in [5.74, 6) is -1.45. The van der Waals surface area contributed by atoms with Gasteiger partial charge in [0.15, 0.2) is 6.61 Å².